The third-order valence-corrected chi connectivity index (χ3v) is 4.40. The van der Waals surface area contributed by atoms with Crippen LogP contribution >= 0.6 is 11.6 Å². The fraction of sp³-hybridized carbons (Fsp3) is 0.400. The van der Waals surface area contributed by atoms with Crippen molar-refractivity contribution in [2.45, 2.75) is 25.5 Å². The minimum atomic E-state index is -3.46. The molecular formula is C10H15ClN2O2S. The van der Waals surface area contributed by atoms with E-state index in [1.165, 1.54) is 6.07 Å². The van der Waals surface area contributed by atoms with Gasteiger partial charge in [-0.15, -0.1) is 0 Å². The van der Waals surface area contributed by atoms with Crippen molar-refractivity contribution in [3.05, 3.63) is 23.2 Å². The van der Waals surface area contributed by atoms with Crippen LogP contribution in [0.3, 0.4) is 0 Å². The summed E-state index contributed by atoms with van der Waals surface area (Å²) in [6.07, 6.45) is 0. The summed E-state index contributed by atoms with van der Waals surface area (Å²) in [5.74, 6) is 0. The maximum absolute atomic E-state index is 11.9. The minimum Gasteiger partial charge on any atom is -0.397 e. The molecule has 3 N–H and O–H groups in total. The Labute approximate surface area is 101 Å². The Balaban J connectivity index is 3.07. The molecule has 1 aromatic rings. The van der Waals surface area contributed by atoms with Gasteiger partial charge in [0.25, 0.3) is 0 Å². The molecule has 0 spiro atoms. The van der Waals surface area contributed by atoms with E-state index in [0.717, 1.165) is 0 Å². The molecule has 0 unspecified atom stereocenters. The molecule has 0 radical (unpaired) electrons. The molecule has 0 fully saturated rings. The monoisotopic (exact) mass is 262 g/mol. The molecule has 0 aliphatic carbocycles. The van der Waals surface area contributed by atoms with Gasteiger partial charge in [0.1, 0.15) is 0 Å². The summed E-state index contributed by atoms with van der Waals surface area (Å²) < 4.78 is 25.3. The highest BCUT2D eigenvalue weighted by Gasteiger charge is 2.29. The predicted molar refractivity (Wildman–Crippen MR) is 68.2 cm³/mol. The highest BCUT2D eigenvalue weighted by Crippen LogP contribution is 2.26. The van der Waals surface area contributed by atoms with Gasteiger partial charge >= 0.3 is 0 Å². The summed E-state index contributed by atoms with van der Waals surface area (Å²) in [4.78, 5) is 0. The molecule has 1 aromatic carbocycles. The first-order valence-electron chi connectivity index (χ1n) is 4.71. The van der Waals surface area contributed by atoms with E-state index < -0.39 is 14.8 Å². The molecule has 4 nitrogen and oxygen atoms in total. The van der Waals surface area contributed by atoms with Crippen LogP contribution < -0.4 is 10.5 Å². The molecule has 0 aromatic heterocycles. The Bertz CT molecular complexity index is 492. The van der Waals surface area contributed by atoms with E-state index in [4.69, 9.17) is 17.3 Å². The first kappa shape index (κ1) is 13.1. The van der Waals surface area contributed by atoms with E-state index in [0.29, 0.717) is 16.4 Å². The molecule has 6 heteroatoms. The predicted octanol–water partition coefficient (Wildman–Crippen LogP) is 2.46. The smallest absolute Gasteiger partial charge is 0.237 e. The maximum Gasteiger partial charge on any atom is 0.237 e. The van der Waals surface area contributed by atoms with Crippen LogP contribution in [0.4, 0.5) is 11.4 Å². The van der Waals surface area contributed by atoms with Crippen LogP contribution in [0.2, 0.25) is 5.02 Å². The molecule has 0 heterocycles. The van der Waals surface area contributed by atoms with Gasteiger partial charge in [-0.25, -0.2) is 8.42 Å². The van der Waals surface area contributed by atoms with E-state index in [1.54, 1.807) is 32.9 Å². The average Bonchev–Trinajstić information content (AvgIpc) is 2.08. The molecule has 0 aliphatic rings. The first-order valence-corrected chi connectivity index (χ1v) is 6.57. The van der Waals surface area contributed by atoms with Crippen molar-refractivity contribution in [2.24, 2.45) is 0 Å². The molecule has 0 saturated heterocycles. The summed E-state index contributed by atoms with van der Waals surface area (Å²) >= 11 is 5.72. The van der Waals surface area contributed by atoms with E-state index in [-0.39, 0.29) is 0 Å². The summed E-state index contributed by atoms with van der Waals surface area (Å²) in [5.41, 5.74) is 6.31. The highest BCUT2D eigenvalue weighted by atomic mass is 35.5. The molecular weight excluding hydrogens is 248 g/mol. The van der Waals surface area contributed by atoms with Gasteiger partial charge < -0.3 is 5.73 Å². The van der Waals surface area contributed by atoms with Crippen LogP contribution in [0.5, 0.6) is 0 Å². The number of sulfonamides is 1. The van der Waals surface area contributed by atoms with Gasteiger partial charge in [-0.05, 0) is 39.0 Å². The molecule has 0 amide bonds. The van der Waals surface area contributed by atoms with Crippen molar-refractivity contribution in [1.82, 2.24) is 0 Å². The Hall–Kier alpha value is -0.940. The second-order valence-electron chi connectivity index (χ2n) is 4.45. The normalized spacial score (nSPS) is 12.5. The fourth-order valence-corrected chi connectivity index (χ4v) is 1.89. The van der Waals surface area contributed by atoms with Crippen LogP contribution in [-0.2, 0) is 10.0 Å². The number of nitrogen functional groups attached to an aromatic ring is 1. The Morgan fingerprint density at radius 2 is 1.88 bits per heavy atom. The number of hydrogen-bond donors (Lipinski definition) is 2. The van der Waals surface area contributed by atoms with Gasteiger partial charge in [-0.1, -0.05) is 11.6 Å². The molecule has 0 atom stereocenters. The van der Waals surface area contributed by atoms with Gasteiger partial charge in [-0.3, -0.25) is 4.72 Å². The number of nitrogens with two attached hydrogens (primary N) is 1. The van der Waals surface area contributed by atoms with Gasteiger partial charge in [-0.2, -0.15) is 0 Å². The van der Waals surface area contributed by atoms with Gasteiger partial charge in [0.2, 0.25) is 10.0 Å². The number of halogens is 1. The Morgan fingerprint density at radius 3 is 2.31 bits per heavy atom. The number of nitrogens with one attached hydrogen (secondary N) is 1. The lowest BCUT2D eigenvalue weighted by atomic mass is 10.3. The SMILES string of the molecule is CC(C)(C)S(=O)(=O)Nc1ccc(Cl)cc1N. The van der Waals surface area contributed by atoms with E-state index in [1.807, 2.05) is 0 Å². The van der Waals surface area contributed by atoms with Crippen molar-refractivity contribution < 1.29 is 8.42 Å². The lowest BCUT2D eigenvalue weighted by Crippen LogP contribution is -2.33. The molecule has 90 valence electrons. The van der Waals surface area contributed by atoms with Crippen LogP contribution in [0.1, 0.15) is 20.8 Å². The van der Waals surface area contributed by atoms with Crippen molar-refractivity contribution in [2.75, 3.05) is 10.5 Å². The second-order valence-corrected chi connectivity index (χ2v) is 7.32. The van der Waals surface area contributed by atoms with Crippen molar-refractivity contribution in [3.63, 3.8) is 0 Å². The number of anilines is 2. The Morgan fingerprint density at radius 1 is 1.31 bits per heavy atom. The number of rotatable bonds is 2. The Kier molecular flexibility index (Phi) is 3.40. The van der Waals surface area contributed by atoms with E-state index in [2.05, 4.69) is 4.72 Å². The zero-order chi connectivity index (χ0) is 12.6. The zero-order valence-corrected chi connectivity index (χ0v) is 11.0. The van der Waals surface area contributed by atoms with Crippen molar-refractivity contribution in [1.29, 1.82) is 0 Å². The van der Waals surface area contributed by atoms with Gasteiger partial charge in [0.15, 0.2) is 0 Å². The van der Waals surface area contributed by atoms with Gasteiger partial charge in [0, 0.05) is 5.02 Å². The number of benzene rings is 1. The highest BCUT2D eigenvalue weighted by molar-refractivity contribution is 7.94. The minimum absolute atomic E-state index is 0.306. The fourth-order valence-electron chi connectivity index (χ4n) is 0.924. The molecule has 16 heavy (non-hydrogen) atoms. The van der Waals surface area contributed by atoms with Crippen LogP contribution in [0, 0.1) is 0 Å². The standard InChI is InChI=1S/C10H15ClN2O2S/c1-10(2,3)16(14,15)13-9-5-4-7(11)6-8(9)12/h4-6,13H,12H2,1-3H3. The lowest BCUT2D eigenvalue weighted by molar-refractivity contribution is 0.566. The number of hydrogen-bond acceptors (Lipinski definition) is 3. The van der Waals surface area contributed by atoms with E-state index >= 15 is 0 Å². The largest absolute Gasteiger partial charge is 0.397 e. The van der Waals surface area contributed by atoms with Gasteiger partial charge in [0.05, 0.1) is 16.1 Å². The third-order valence-electron chi connectivity index (χ3n) is 2.06. The molecule has 0 saturated carbocycles. The van der Waals surface area contributed by atoms with Crippen LogP contribution in [-0.4, -0.2) is 13.2 Å². The van der Waals surface area contributed by atoms with E-state index in [9.17, 15) is 8.42 Å². The van der Waals surface area contributed by atoms with Crippen molar-refractivity contribution >= 4 is 33.0 Å². The molecule has 0 bridgehead atoms. The molecule has 0 aliphatic heterocycles. The third kappa shape index (κ3) is 2.80. The summed E-state index contributed by atoms with van der Waals surface area (Å²) in [5, 5.41) is 0.469. The molecule has 1 rings (SSSR count). The topological polar surface area (TPSA) is 72.2 Å². The van der Waals surface area contributed by atoms with Crippen LogP contribution in [0.15, 0.2) is 18.2 Å². The van der Waals surface area contributed by atoms with Crippen LogP contribution in [0.25, 0.3) is 0 Å². The first-order chi connectivity index (χ1) is 7.13. The summed E-state index contributed by atoms with van der Waals surface area (Å²) in [6, 6.07) is 4.63. The second kappa shape index (κ2) is 4.14. The lowest BCUT2D eigenvalue weighted by Gasteiger charge is -2.21. The van der Waals surface area contributed by atoms with Crippen molar-refractivity contribution in [3.8, 4) is 0 Å². The summed E-state index contributed by atoms with van der Waals surface area (Å²) in [7, 11) is -3.46. The summed E-state index contributed by atoms with van der Waals surface area (Å²) in [6.45, 7) is 4.84. The zero-order valence-electron chi connectivity index (χ0n) is 9.41. The average molecular weight is 263 g/mol. The quantitative estimate of drug-likeness (QED) is 0.804. The maximum atomic E-state index is 11.9.